The average molecular weight is 293 g/mol. The van der Waals surface area contributed by atoms with Crippen molar-refractivity contribution in [3.05, 3.63) is 24.1 Å². The van der Waals surface area contributed by atoms with Gasteiger partial charge >= 0.3 is 5.97 Å². The van der Waals surface area contributed by atoms with Crippen LogP contribution in [0.15, 0.2) is 22.8 Å². The van der Waals surface area contributed by atoms with Crippen LogP contribution in [0.5, 0.6) is 17.2 Å². The minimum atomic E-state index is -0.572. The Morgan fingerprint density at radius 3 is 2.14 bits per heavy atom. The fourth-order valence-corrected chi connectivity index (χ4v) is 1.81. The van der Waals surface area contributed by atoms with Crippen molar-refractivity contribution in [3.8, 4) is 28.7 Å². The zero-order valence-electron chi connectivity index (χ0n) is 12.1. The molecule has 2 rings (SSSR count). The van der Waals surface area contributed by atoms with E-state index in [0.717, 1.165) is 0 Å². The van der Waals surface area contributed by atoms with Gasteiger partial charge in [-0.25, -0.2) is 9.78 Å². The summed E-state index contributed by atoms with van der Waals surface area (Å²) in [7, 11) is 5.81. The van der Waals surface area contributed by atoms with Gasteiger partial charge in [-0.3, -0.25) is 0 Å². The first-order chi connectivity index (χ1) is 10.1. The average Bonchev–Trinajstić information content (AvgIpc) is 3.02. The number of nitrogens with zero attached hydrogens (tertiary/aromatic N) is 1. The molecular formula is C14H15NO6. The van der Waals surface area contributed by atoms with Crippen molar-refractivity contribution in [3.63, 3.8) is 0 Å². The zero-order chi connectivity index (χ0) is 15.4. The van der Waals surface area contributed by atoms with Gasteiger partial charge in [-0.05, 0) is 12.1 Å². The lowest BCUT2D eigenvalue weighted by molar-refractivity contribution is 0.0594. The van der Waals surface area contributed by atoms with E-state index in [2.05, 4.69) is 9.72 Å². The molecule has 0 aliphatic heterocycles. The van der Waals surface area contributed by atoms with Gasteiger partial charge < -0.3 is 23.4 Å². The summed E-state index contributed by atoms with van der Waals surface area (Å²) in [5.41, 5.74) is 0.668. The highest BCUT2D eigenvalue weighted by molar-refractivity contribution is 5.87. The van der Waals surface area contributed by atoms with Crippen LogP contribution in [0.4, 0.5) is 0 Å². The van der Waals surface area contributed by atoms with Crippen LogP contribution in [-0.2, 0) is 4.74 Å². The summed E-state index contributed by atoms with van der Waals surface area (Å²) in [6, 6.07) is 3.35. The predicted molar refractivity (Wildman–Crippen MR) is 72.9 cm³/mol. The Morgan fingerprint density at radius 2 is 1.67 bits per heavy atom. The molecule has 2 aromatic rings. The molecule has 1 aromatic heterocycles. The number of ether oxygens (including phenoxy) is 4. The third-order valence-corrected chi connectivity index (χ3v) is 2.81. The number of hydrogen-bond acceptors (Lipinski definition) is 7. The zero-order valence-corrected chi connectivity index (χ0v) is 12.1. The summed E-state index contributed by atoms with van der Waals surface area (Å²) in [5.74, 6) is 1.06. The van der Waals surface area contributed by atoms with E-state index < -0.39 is 5.97 Å². The SMILES string of the molecule is COC(=O)c1coc(-c2cc(OC)c(OC)c(OC)c2)n1. The quantitative estimate of drug-likeness (QED) is 0.781. The van der Waals surface area contributed by atoms with Gasteiger partial charge in [0.2, 0.25) is 11.6 Å². The van der Waals surface area contributed by atoms with Crippen LogP contribution in [0.2, 0.25) is 0 Å². The van der Waals surface area contributed by atoms with Gasteiger partial charge in [0, 0.05) is 5.56 Å². The number of aromatic nitrogens is 1. The Labute approximate surface area is 121 Å². The predicted octanol–water partition coefficient (Wildman–Crippen LogP) is 2.15. The minimum Gasteiger partial charge on any atom is -0.493 e. The molecule has 0 aliphatic carbocycles. The van der Waals surface area contributed by atoms with Gasteiger partial charge in [0.1, 0.15) is 6.26 Å². The second kappa shape index (κ2) is 6.17. The van der Waals surface area contributed by atoms with Crippen LogP contribution in [0.1, 0.15) is 10.5 Å². The topological polar surface area (TPSA) is 80.0 Å². The van der Waals surface area contributed by atoms with Crippen molar-refractivity contribution in [2.24, 2.45) is 0 Å². The van der Waals surface area contributed by atoms with Crippen molar-refractivity contribution in [2.45, 2.75) is 0 Å². The number of esters is 1. The van der Waals surface area contributed by atoms with E-state index in [9.17, 15) is 4.79 Å². The number of carbonyl (C=O) groups is 1. The van der Waals surface area contributed by atoms with Crippen molar-refractivity contribution < 1.29 is 28.2 Å². The van der Waals surface area contributed by atoms with Crippen molar-refractivity contribution in [1.82, 2.24) is 4.98 Å². The number of oxazole rings is 1. The summed E-state index contributed by atoms with van der Waals surface area (Å²) in [6.07, 6.45) is 1.23. The van der Waals surface area contributed by atoms with Crippen molar-refractivity contribution in [2.75, 3.05) is 28.4 Å². The maximum absolute atomic E-state index is 11.4. The molecule has 0 radical (unpaired) electrons. The number of benzene rings is 1. The van der Waals surface area contributed by atoms with E-state index in [4.69, 9.17) is 18.6 Å². The van der Waals surface area contributed by atoms with Gasteiger partial charge in [0.25, 0.3) is 0 Å². The lowest BCUT2D eigenvalue weighted by Crippen LogP contribution is -2.01. The highest BCUT2D eigenvalue weighted by Gasteiger charge is 2.18. The third-order valence-electron chi connectivity index (χ3n) is 2.81. The lowest BCUT2D eigenvalue weighted by atomic mass is 10.2. The van der Waals surface area contributed by atoms with E-state index in [-0.39, 0.29) is 11.6 Å². The number of hydrogen-bond donors (Lipinski definition) is 0. The second-order valence-corrected chi connectivity index (χ2v) is 3.94. The lowest BCUT2D eigenvalue weighted by Gasteiger charge is -2.12. The maximum atomic E-state index is 11.4. The van der Waals surface area contributed by atoms with Gasteiger partial charge in [0.05, 0.1) is 28.4 Å². The summed E-state index contributed by atoms with van der Waals surface area (Å²) >= 11 is 0. The van der Waals surface area contributed by atoms with Crippen LogP contribution in [-0.4, -0.2) is 39.4 Å². The van der Waals surface area contributed by atoms with E-state index in [1.54, 1.807) is 12.1 Å². The number of carbonyl (C=O) groups excluding carboxylic acids is 1. The minimum absolute atomic E-state index is 0.0845. The Bertz CT molecular complexity index is 624. The molecule has 7 nitrogen and oxygen atoms in total. The molecular weight excluding hydrogens is 278 g/mol. The van der Waals surface area contributed by atoms with Crippen LogP contribution in [0.25, 0.3) is 11.5 Å². The first-order valence-corrected chi connectivity index (χ1v) is 5.98. The molecule has 0 N–H and O–H groups in total. The van der Waals surface area contributed by atoms with Crippen LogP contribution >= 0.6 is 0 Å². The molecule has 21 heavy (non-hydrogen) atoms. The molecule has 7 heteroatoms. The van der Waals surface area contributed by atoms with Crippen LogP contribution < -0.4 is 14.2 Å². The van der Waals surface area contributed by atoms with E-state index in [1.807, 2.05) is 0 Å². The Morgan fingerprint density at radius 1 is 1.05 bits per heavy atom. The molecule has 0 spiro atoms. The highest BCUT2D eigenvalue weighted by Crippen LogP contribution is 2.40. The first kappa shape index (κ1) is 14.7. The molecule has 0 aliphatic rings. The van der Waals surface area contributed by atoms with E-state index >= 15 is 0 Å². The summed E-state index contributed by atoms with van der Waals surface area (Å²) in [4.78, 5) is 15.5. The number of methoxy groups -OCH3 is 4. The molecule has 0 fully saturated rings. The summed E-state index contributed by atoms with van der Waals surface area (Å²) < 4.78 is 25.6. The normalized spacial score (nSPS) is 10.1. The molecule has 112 valence electrons. The fraction of sp³-hybridized carbons (Fsp3) is 0.286. The molecule has 1 aromatic carbocycles. The molecule has 1 heterocycles. The first-order valence-electron chi connectivity index (χ1n) is 5.98. The monoisotopic (exact) mass is 293 g/mol. The fourth-order valence-electron chi connectivity index (χ4n) is 1.81. The van der Waals surface area contributed by atoms with Crippen molar-refractivity contribution in [1.29, 1.82) is 0 Å². The molecule has 0 saturated heterocycles. The maximum Gasteiger partial charge on any atom is 0.360 e. The van der Waals surface area contributed by atoms with Gasteiger partial charge in [0.15, 0.2) is 17.2 Å². The standard InChI is InChI=1S/C14H15NO6/c1-17-10-5-8(6-11(18-2)12(10)19-3)13-15-9(7-21-13)14(16)20-4/h5-7H,1-4H3. The second-order valence-electron chi connectivity index (χ2n) is 3.94. The van der Waals surface area contributed by atoms with E-state index in [0.29, 0.717) is 22.8 Å². The molecule has 0 atom stereocenters. The van der Waals surface area contributed by atoms with Gasteiger partial charge in [-0.15, -0.1) is 0 Å². The molecule has 0 bridgehead atoms. The highest BCUT2D eigenvalue weighted by atomic mass is 16.5. The Kier molecular flexibility index (Phi) is 4.32. The third kappa shape index (κ3) is 2.76. The van der Waals surface area contributed by atoms with Gasteiger partial charge in [-0.2, -0.15) is 0 Å². The largest absolute Gasteiger partial charge is 0.493 e. The Hall–Kier alpha value is -2.70. The van der Waals surface area contributed by atoms with Gasteiger partial charge in [-0.1, -0.05) is 0 Å². The van der Waals surface area contributed by atoms with Crippen LogP contribution in [0, 0.1) is 0 Å². The summed E-state index contributed by atoms with van der Waals surface area (Å²) in [5, 5.41) is 0. The van der Waals surface area contributed by atoms with Crippen LogP contribution in [0.3, 0.4) is 0 Å². The number of rotatable bonds is 5. The van der Waals surface area contributed by atoms with Crippen molar-refractivity contribution >= 4 is 5.97 Å². The Balaban J connectivity index is 2.49. The molecule has 0 amide bonds. The summed E-state index contributed by atoms with van der Waals surface area (Å²) in [6.45, 7) is 0. The van der Waals surface area contributed by atoms with E-state index in [1.165, 1.54) is 34.7 Å². The molecule has 0 saturated carbocycles. The molecule has 0 unspecified atom stereocenters. The smallest absolute Gasteiger partial charge is 0.360 e.